The molecule has 0 unspecified atom stereocenters. The Bertz CT molecular complexity index is 198. The van der Waals surface area contributed by atoms with E-state index in [1.165, 1.54) is 64.2 Å². The van der Waals surface area contributed by atoms with Crippen molar-refractivity contribution in [2.45, 2.75) is 77.6 Å². The van der Waals surface area contributed by atoms with E-state index < -0.39 is 5.97 Å². The molecule has 0 aromatic heterocycles. The third-order valence-electron chi connectivity index (χ3n) is 3.24. The van der Waals surface area contributed by atoms with Crippen molar-refractivity contribution in [1.29, 1.82) is 0 Å². The van der Waals surface area contributed by atoms with Crippen LogP contribution in [0.1, 0.15) is 77.6 Å². The van der Waals surface area contributed by atoms with Gasteiger partial charge in [0.2, 0.25) is 0 Å². The largest absolute Gasteiger partial charge is 0.372 e. The lowest BCUT2D eigenvalue weighted by Crippen LogP contribution is -2.16. The average Bonchev–Trinajstić information content (AvgIpc) is 2.43. The number of carbonyl (C=O) groups excluding carboxylic acids is 1. The fourth-order valence-electron chi connectivity index (χ4n) is 2.06. The zero-order chi connectivity index (χ0) is 14.2. The number of unbranched alkanes of at least 4 members (excludes halogenated alkanes) is 10. The van der Waals surface area contributed by atoms with E-state index in [0.717, 1.165) is 6.42 Å². The lowest BCUT2D eigenvalue weighted by molar-refractivity contribution is -0.149. The monoisotopic (exact) mass is 273 g/mol. The number of hydrogen-bond acceptors (Lipinski definition) is 4. The molecule has 0 fully saturated rings. The van der Waals surface area contributed by atoms with Gasteiger partial charge in [0.25, 0.3) is 0 Å². The summed E-state index contributed by atoms with van der Waals surface area (Å²) < 4.78 is 5.11. The predicted molar refractivity (Wildman–Crippen MR) is 77.6 cm³/mol. The molecule has 0 aliphatic carbocycles. The van der Waals surface area contributed by atoms with Gasteiger partial charge in [-0.25, -0.2) is 4.79 Å². The van der Waals surface area contributed by atoms with Gasteiger partial charge in [0, 0.05) is 6.61 Å². The van der Waals surface area contributed by atoms with E-state index >= 15 is 0 Å². The summed E-state index contributed by atoms with van der Waals surface area (Å²) in [6.45, 7) is 2.84. The van der Waals surface area contributed by atoms with E-state index in [1.54, 1.807) is 0 Å². The van der Waals surface area contributed by atoms with Crippen molar-refractivity contribution in [3.63, 3.8) is 0 Å². The van der Waals surface area contributed by atoms with Crippen molar-refractivity contribution >= 4 is 5.97 Å². The summed E-state index contributed by atoms with van der Waals surface area (Å²) in [6, 6.07) is 0. The standard InChI is InChI=1S/C15H31NO3/c1-2-3-4-5-6-7-8-9-10-11-12-13-18-14-15(17)19-16/h2-14,16H2,1H3. The molecular formula is C15H31NO3. The highest BCUT2D eigenvalue weighted by Crippen LogP contribution is 2.11. The number of rotatable bonds is 14. The smallest absolute Gasteiger partial charge is 0.350 e. The molecular weight excluding hydrogens is 242 g/mol. The lowest BCUT2D eigenvalue weighted by Gasteiger charge is -2.03. The highest BCUT2D eigenvalue weighted by Gasteiger charge is 1.99. The molecule has 0 rings (SSSR count). The van der Waals surface area contributed by atoms with Gasteiger partial charge in [-0.1, -0.05) is 71.1 Å². The van der Waals surface area contributed by atoms with Crippen molar-refractivity contribution < 1.29 is 14.4 Å². The number of carbonyl (C=O) groups is 1. The molecule has 0 aliphatic rings. The van der Waals surface area contributed by atoms with Crippen LogP contribution in [0.15, 0.2) is 0 Å². The van der Waals surface area contributed by atoms with Gasteiger partial charge in [0.1, 0.15) is 6.61 Å². The fraction of sp³-hybridized carbons (Fsp3) is 0.933. The second-order valence-electron chi connectivity index (χ2n) is 5.08. The van der Waals surface area contributed by atoms with E-state index in [4.69, 9.17) is 4.74 Å². The van der Waals surface area contributed by atoms with Crippen LogP contribution < -0.4 is 5.90 Å². The third-order valence-corrected chi connectivity index (χ3v) is 3.24. The second kappa shape index (κ2) is 15.4. The van der Waals surface area contributed by atoms with Crippen molar-refractivity contribution in [3.05, 3.63) is 0 Å². The Morgan fingerprint density at radius 3 is 1.79 bits per heavy atom. The number of ether oxygens (including phenoxy) is 1. The molecule has 0 spiro atoms. The molecule has 4 nitrogen and oxygen atoms in total. The summed E-state index contributed by atoms with van der Waals surface area (Å²) >= 11 is 0. The first-order valence-corrected chi connectivity index (χ1v) is 7.78. The summed E-state index contributed by atoms with van der Waals surface area (Å²) in [4.78, 5) is 14.6. The minimum Gasteiger partial charge on any atom is -0.372 e. The molecule has 0 aliphatic heterocycles. The van der Waals surface area contributed by atoms with Gasteiger partial charge in [-0.05, 0) is 6.42 Å². The maximum Gasteiger partial charge on any atom is 0.350 e. The van der Waals surface area contributed by atoms with Crippen molar-refractivity contribution in [2.24, 2.45) is 5.90 Å². The Labute approximate surface area is 118 Å². The van der Waals surface area contributed by atoms with E-state index in [0.29, 0.717) is 6.61 Å². The van der Waals surface area contributed by atoms with Crippen LogP contribution in [0, 0.1) is 0 Å². The van der Waals surface area contributed by atoms with Crippen LogP contribution in [0.2, 0.25) is 0 Å². The second-order valence-corrected chi connectivity index (χ2v) is 5.08. The molecule has 0 heterocycles. The topological polar surface area (TPSA) is 61.5 Å². The average molecular weight is 273 g/mol. The van der Waals surface area contributed by atoms with Crippen LogP contribution in [0.4, 0.5) is 0 Å². The summed E-state index contributed by atoms with van der Waals surface area (Å²) in [7, 11) is 0. The van der Waals surface area contributed by atoms with Gasteiger partial charge in [0.05, 0.1) is 0 Å². The van der Waals surface area contributed by atoms with Gasteiger partial charge < -0.3 is 9.57 Å². The summed E-state index contributed by atoms with van der Waals surface area (Å²) in [5.41, 5.74) is 0. The van der Waals surface area contributed by atoms with Crippen molar-refractivity contribution in [2.75, 3.05) is 13.2 Å². The zero-order valence-corrected chi connectivity index (χ0v) is 12.5. The third kappa shape index (κ3) is 15.3. The molecule has 4 heteroatoms. The summed E-state index contributed by atoms with van der Waals surface area (Å²) in [5, 5.41) is 0. The molecule has 2 N–H and O–H groups in total. The Hall–Kier alpha value is -0.610. The molecule has 114 valence electrons. The Balaban J connectivity index is 2.97. The highest BCUT2D eigenvalue weighted by molar-refractivity contribution is 5.70. The van der Waals surface area contributed by atoms with E-state index in [2.05, 4.69) is 17.7 Å². The normalized spacial score (nSPS) is 10.6. The van der Waals surface area contributed by atoms with Gasteiger partial charge >= 0.3 is 5.97 Å². The van der Waals surface area contributed by atoms with Gasteiger partial charge in [-0.2, -0.15) is 5.90 Å². The van der Waals surface area contributed by atoms with E-state index in [-0.39, 0.29) is 6.61 Å². The first-order chi connectivity index (χ1) is 9.31. The summed E-state index contributed by atoms with van der Waals surface area (Å²) in [6.07, 6.45) is 14.4. The van der Waals surface area contributed by atoms with Crippen LogP contribution in [0.5, 0.6) is 0 Å². The van der Waals surface area contributed by atoms with Crippen LogP contribution in [0.25, 0.3) is 0 Å². The molecule has 19 heavy (non-hydrogen) atoms. The highest BCUT2D eigenvalue weighted by atomic mass is 16.7. The SMILES string of the molecule is CCCCCCCCCCCCCOCC(=O)ON. The maximum absolute atomic E-state index is 10.6. The van der Waals surface area contributed by atoms with Crippen molar-refractivity contribution in [1.82, 2.24) is 0 Å². The molecule has 0 saturated carbocycles. The van der Waals surface area contributed by atoms with E-state index in [1.807, 2.05) is 0 Å². The summed E-state index contributed by atoms with van der Waals surface area (Å²) in [5.74, 6) is 4.18. The first-order valence-electron chi connectivity index (χ1n) is 7.78. The minimum atomic E-state index is -0.511. The minimum absolute atomic E-state index is 0.0335. The Morgan fingerprint density at radius 1 is 0.842 bits per heavy atom. The molecule has 0 bridgehead atoms. The van der Waals surface area contributed by atoms with Crippen LogP contribution >= 0.6 is 0 Å². The maximum atomic E-state index is 10.6. The molecule has 0 amide bonds. The molecule has 0 radical (unpaired) electrons. The first kappa shape index (κ1) is 18.4. The van der Waals surface area contributed by atoms with Crippen molar-refractivity contribution in [3.8, 4) is 0 Å². The quantitative estimate of drug-likeness (QED) is 0.387. The van der Waals surface area contributed by atoms with E-state index in [9.17, 15) is 4.79 Å². The predicted octanol–water partition coefficient (Wildman–Crippen LogP) is 3.73. The fourth-order valence-corrected chi connectivity index (χ4v) is 2.06. The lowest BCUT2D eigenvalue weighted by atomic mass is 10.1. The van der Waals surface area contributed by atoms with Crippen LogP contribution in [-0.2, 0) is 14.4 Å². The molecule has 0 aromatic carbocycles. The van der Waals surface area contributed by atoms with Crippen LogP contribution in [-0.4, -0.2) is 19.2 Å². The number of nitrogens with two attached hydrogens (primary N) is 1. The Morgan fingerprint density at radius 2 is 1.32 bits per heavy atom. The van der Waals surface area contributed by atoms with Crippen LogP contribution in [0.3, 0.4) is 0 Å². The Kier molecular flexibility index (Phi) is 15.0. The molecule has 0 atom stereocenters. The van der Waals surface area contributed by atoms with Gasteiger partial charge in [-0.3, -0.25) is 0 Å². The molecule has 0 saturated heterocycles. The molecule has 0 aromatic rings. The number of hydrogen-bond donors (Lipinski definition) is 1. The zero-order valence-electron chi connectivity index (χ0n) is 12.5. The van der Waals surface area contributed by atoms with Gasteiger partial charge in [-0.15, -0.1) is 0 Å². The van der Waals surface area contributed by atoms with Gasteiger partial charge in [0.15, 0.2) is 0 Å².